The maximum absolute atomic E-state index is 12.9. The van der Waals surface area contributed by atoms with Crippen molar-refractivity contribution in [1.29, 1.82) is 0 Å². The molecule has 0 bridgehead atoms. The Labute approximate surface area is 199 Å². The molecule has 0 aliphatic heterocycles. The highest BCUT2D eigenvalue weighted by molar-refractivity contribution is 6.06. The van der Waals surface area contributed by atoms with E-state index in [0.29, 0.717) is 17.5 Å². The number of nitrogens with zero attached hydrogens (tertiary/aromatic N) is 2. The number of amides is 1. The van der Waals surface area contributed by atoms with Gasteiger partial charge >= 0.3 is 6.18 Å². The molecule has 0 atom stereocenters. The molecule has 1 N–H and O–H groups in total. The Bertz CT molecular complexity index is 1070. The van der Waals surface area contributed by atoms with E-state index >= 15 is 0 Å². The van der Waals surface area contributed by atoms with E-state index in [4.69, 9.17) is 4.74 Å². The van der Waals surface area contributed by atoms with Gasteiger partial charge in [0, 0.05) is 23.2 Å². The number of nitrogens with one attached hydrogen (secondary N) is 1. The Morgan fingerprint density at radius 2 is 1.74 bits per heavy atom. The zero-order valence-corrected chi connectivity index (χ0v) is 20.5. The quantitative estimate of drug-likeness (QED) is 0.416. The van der Waals surface area contributed by atoms with Gasteiger partial charge in [-0.2, -0.15) is 18.3 Å². The standard InChI is InChI=1S/C22H22F3N3O2.2C2H6/c1-30-20-12-18-15(13-28(27-18)17-8-3-2-4-9-17)11-19(20)26-21(29)14-6-5-7-16(10-14)22(23,24)25;2*1-2/h5-7,10-13,17H,2-4,8-9H2,1H3,(H,26,29);2*1-2H3. The molecule has 0 radical (unpaired) electrons. The van der Waals surface area contributed by atoms with E-state index in [0.717, 1.165) is 35.9 Å². The van der Waals surface area contributed by atoms with Gasteiger partial charge in [-0.25, -0.2) is 0 Å². The van der Waals surface area contributed by atoms with Gasteiger partial charge < -0.3 is 10.1 Å². The second-order valence-corrected chi connectivity index (χ2v) is 7.54. The number of hydrogen-bond donors (Lipinski definition) is 1. The third kappa shape index (κ3) is 6.52. The molecule has 186 valence electrons. The van der Waals surface area contributed by atoms with Crippen LogP contribution in [0.3, 0.4) is 0 Å². The molecular weight excluding hydrogens is 443 g/mol. The second kappa shape index (κ2) is 12.4. The summed E-state index contributed by atoms with van der Waals surface area (Å²) >= 11 is 0. The minimum Gasteiger partial charge on any atom is -0.494 e. The zero-order chi connectivity index (χ0) is 25.3. The van der Waals surface area contributed by atoms with Gasteiger partial charge in [-0.1, -0.05) is 53.0 Å². The molecule has 1 aromatic heterocycles. The Morgan fingerprint density at radius 1 is 1.06 bits per heavy atom. The monoisotopic (exact) mass is 477 g/mol. The lowest BCUT2D eigenvalue weighted by Gasteiger charge is -2.21. The lowest BCUT2D eigenvalue weighted by Crippen LogP contribution is -2.14. The lowest BCUT2D eigenvalue weighted by atomic mass is 9.96. The fourth-order valence-corrected chi connectivity index (χ4v) is 3.90. The Morgan fingerprint density at radius 3 is 2.35 bits per heavy atom. The first kappa shape index (κ1) is 27.2. The van der Waals surface area contributed by atoms with Crippen molar-refractivity contribution >= 4 is 22.5 Å². The Balaban J connectivity index is 0.000000970. The molecule has 2 aromatic carbocycles. The Kier molecular flexibility index (Phi) is 9.96. The van der Waals surface area contributed by atoms with Crippen molar-refractivity contribution in [3.63, 3.8) is 0 Å². The van der Waals surface area contributed by atoms with Crippen LogP contribution in [0.2, 0.25) is 0 Å². The van der Waals surface area contributed by atoms with Gasteiger partial charge in [-0.3, -0.25) is 9.48 Å². The highest BCUT2D eigenvalue weighted by Gasteiger charge is 2.31. The molecule has 1 fully saturated rings. The third-order valence-corrected chi connectivity index (χ3v) is 5.49. The van der Waals surface area contributed by atoms with Gasteiger partial charge in [0.15, 0.2) is 0 Å². The first-order valence-electron chi connectivity index (χ1n) is 11.9. The van der Waals surface area contributed by atoms with Crippen molar-refractivity contribution in [1.82, 2.24) is 9.78 Å². The molecule has 1 amide bonds. The minimum absolute atomic E-state index is 0.0788. The van der Waals surface area contributed by atoms with Crippen molar-refractivity contribution in [2.24, 2.45) is 0 Å². The van der Waals surface area contributed by atoms with Crippen LogP contribution in [0.4, 0.5) is 18.9 Å². The van der Waals surface area contributed by atoms with Crippen molar-refractivity contribution in [2.75, 3.05) is 12.4 Å². The maximum Gasteiger partial charge on any atom is 0.416 e. The fourth-order valence-electron chi connectivity index (χ4n) is 3.90. The summed E-state index contributed by atoms with van der Waals surface area (Å²) in [5, 5.41) is 8.16. The molecule has 1 aliphatic carbocycles. The second-order valence-electron chi connectivity index (χ2n) is 7.54. The molecule has 0 spiro atoms. The lowest BCUT2D eigenvalue weighted by molar-refractivity contribution is -0.137. The first-order valence-corrected chi connectivity index (χ1v) is 11.9. The number of carbonyl (C=O) groups excluding carboxylic acids is 1. The number of benzene rings is 2. The first-order chi connectivity index (χ1) is 16.3. The maximum atomic E-state index is 12.9. The summed E-state index contributed by atoms with van der Waals surface area (Å²) in [6.07, 6.45) is 3.22. The van der Waals surface area contributed by atoms with E-state index < -0.39 is 17.6 Å². The zero-order valence-electron chi connectivity index (χ0n) is 20.5. The van der Waals surface area contributed by atoms with E-state index in [1.54, 1.807) is 12.1 Å². The van der Waals surface area contributed by atoms with Crippen molar-refractivity contribution in [2.45, 2.75) is 72.0 Å². The number of hydrogen-bond acceptors (Lipinski definition) is 3. The third-order valence-electron chi connectivity index (χ3n) is 5.49. The van der Waals surface area contributed by atoms with Gasteiger partial charge in [-0.05, 0) is 37.1 Å². The van der Waals surface area contributed by atoms with Crippen molar-refractivity contribution in [3.8, 4) is 5.75 Å². The van der Waals surface area contributed by atoms with Gasteiger partial charge in [-0.15, -0.1) is 0 Å². The number of carbonyl (C=O) groups is 1. The number of anilines is 1. The fraction of sp³-hybridized carbons (Fsp3) is 0.462. The van der Waals surface area contributed by atoms with Gasteiger partial charge in [0.05, 0.1) is 29.9 Å². The minimum atomic E-state index is -4.51. The highest BCUT2D eigenvalue weighted by atomic mass is 19.4. The summed E-state index contributed by atoms with van der Waals surface area (Å²) in [5.41, 5.74) is 0.182. The van der Waals surface area contributed by atoms with Crippen LogP contribution in [0.1, 0.15) is 81.8 Å². The van der Waals surface area contributed by atoms with Gasteiger partial charge in [0.1, 0.15) is 5.75 Å². The normalized spacial score (nSPS) is 13.9. The van der Waals surface area contributed by atoms with Crippen LogP contribution in [0.5, 0.6) is 5.75 Å². The van der Waals surface area contributed by atoms with Gasteiger partial charge in [0.2, 0.25) is 0 Å². The molecule has 0 saturated heterocycles. The van der Waals surface area contributed by atoms with Crippen LogP contribution in [-0.2, 0) is 6.18 Å². The van der Waals surface area contributed by atoms with Crippen LogP contribution < -0.4 is 10.1 Å². The van der Waals surface area contributed by atoms with Crippen LogP contribution in [-0.4, -0.2) is 22.8 Å². The Hall–Kier alpha value is -3.03. The summed E-state index contributed by atoms with van der Waals surface area (Å²) in [5.74, 6) is -0.241. The smallest absolute Gasteiger partial charge is 0.416 e. The van der Waals surface area contributed by atoms with E-state index in [9.17, 15) is 18.0 Å². The summed E-state index contributed by atoms with van der Waals surface area (Å²) in [7, 11) is 1.47. The molecule has 5 nitrogen and oxygen atoms in total. The number of methoxy groups -OCH3 is 1. The van der Waals surface area contributed by atoms with Crippen LogP contribution in [0, 0.1) is 0 Å². The molecule has 1 heterocycles. The molecule has 3 aromatic rings. The molecule has 4 rings (SSSR count). The molecule has 0 unspecified atom stereocenters. The summed E-state index contributed by atoms with van der Waals surface area (Å²) in [4.78, 5) is 12.6. The van der Waals surface area contributed by atoms with Crippen LogP contribution in [0.25, 0.3) is 10.9 Å². The summed E-state index contributed by atoms with van der Waals surface area (Å²) < 4.78 is 46.2. The van der Waals surface area contributed by atoms with Crippen molar-refractivity contribution in [3.05, 3.63) is 53.7 Å². The highest BCUT2D eigenvalue weighted by Crippen LogP contribution is 2.34. The van der Waals surface area contributed by atoms with E-state index in [-0.39, 0.29) is 5.56 Å². The number of alkyl halides is 3. The predicted molar refractivity (Wildman–Crippen MR) is 131 cm³/mol. The average Bonchev–Trinajstić information content (AvgIpc) is 3.29. The average molecular weight is 478 g/mol. The topological polar surface area (TPSA) is 56.1 Å². The summed E-state index contributed by atoms with van der Waals surface area (Å²) in [6, 6.07) is 8.16. The SMILES string of the molecule is CC.CC.COc1cc2nn(C3CCCCC3)cc2cc1NC(=O)c1cccc(C(F)(F)F)c1. The van der Waals surface area contributed by atoms with E-state index in [2.05, 4.69) is 10.4 Å². The molecule has 8 heteroatoms. The molecular formula is C26H34F3N3O2. The van der Waals surface area contributed by atoms with E-state index in [1.165, 1.54) is 38.5 Å². The van der Waals surface area contributed by atoms with Crippen LogP contribution >= 0.6 is 0 Å². The molecule has 34 heavy (non-hydrogen) atoms. The van der Waals surface area contributed by atoms with Crippen LogP contribution in [0.15, 0.2) is 42.6 Å². The number of aromatic nitrogens is 2. The molecule has 1 saturated carbocycles. The predicted octanol–water partition coefficient (Wildman–Crippen LogP) is 7.87. The molecule has 1 aliphatic rings. The van der Waals surface area contributed by atoms with Crippen molar-refractivity contribution < 1.29 is 22.7 Å². The van der Waals surface area contributed by atoms with Gasteiger partial charge in [0.25, 0.3) is 5.91 Å². The number of halogens is 3. The number of rotatable bonds is 4. The largest absolute Gasteiger partial charge is 0.494 e. The number of fused-ring (bicyclic) bond motifs is 1. The summed E-state index contributed by atoms with van der Waals surface area (Å²) in [6.45, 7) is 8.00. The van der Waals surface area contributed by atoms with E-state index in [1.807, 2.05) is 38.6 Å². The number of ether oxygens (including phenoxy) is 1.